The molecule has 1 fully saturated rings. The highest BCUT2D eigenvalue weighted by molar-refractivity contribution is 8.01. The summed E-state index contributed by atoms with van der Waals surface area (Å²) in [7, 11) is 1.39. The van der Waals surface area contributed by atoms with Gasteiger partial charge in [0.15, 0.2) is 16.7 Å². The number of aliphatic carboxylic acids is 1. The number of benzene rings is 1. The van der Waals surface area contributed by atoms with Gasteiger partial charge in [-0.1, -0.05) is 24.3 Å². The third-order valence-corrected chi connectivity index (χ3v) is 8.25. The monoisotopic (exact) mass is 525 g/mol. The van der Waals surface area contributed by atoms with Crippen LogP contribution in [0.3, 0.4) is 0 Å². The minimum absolute atomic E-state index is 0.0671. The minimum Gasteiger partial charge on any atom is -0.494 e. The number of halogens is 1. The highest BCUT2D eigenvalue weighted by atomic mass is 32.2. The van der Waals surface area contributed by atoms with Crippen molar-refractivity contribution in [3.8, 4) is 5.75 Å². The Morgan fingerprint density at radius 1 is 1.34 bits per heavy atom. The Labute approximate surface area is 212 Å². The number of hydrogen-bond acceptors (Lipinski definition) is 7. The molecule has 192 valence electrons. The summed E-state index contributed by atoms with van der Waals surface area (Å²) in [5.41, 5.74) is 0.472. The smallest absolute Gasteiger partial charge is 0.323 e. The summed E-state index contributed by atoms with van der Waals surface area (Å²) in [6.45, 7) is 2.67. The number of anilines is 1. The summed E-state index contributed by atoms with van der Waals surface area (Å²) in [6, 6.07) is 4.26. The quantitative estimate of drug-likeness (QED) is 0.337. The first-order valence-electron chi connectivity index (χ1n) is 11.7. The number of nitrogens with one attached hydrogen (secondary N) is 1. The van der Waals surface area contributed by atoms with Crippen molar-refractivity contribution in [3.05, 3.63) is 35.8 Å². The van der Waals surface area contributed by atoms with E-state index in [-0.39, 0.29) is 23.6 Å². The van der Waals surface area contributed by atoms with Crippen molar-refractivity contribution in [2.45, 2.75) is 61.8 Å². The Morgan fingerprint density at radius 3 is 2.74 bits per heavy atom. The molecule has 1 aliphatic carbocycles. The lowest BCUT2D eigenvalue weighted by atomic mass is 9.86. The molecule has 3 rings (SSSR count). The van der Waals surface area contributed by atoms with Gasteiger partial charge in [-0.3, -0.25) is 10.1 Å². The number of methoxy groups -OCH3 is 1. The zero-order chi connectivity index (χ0) is 25.4. The van der Waals surface area contributed by atoms with E-state index in [9.17, 15) is 19.1 Å². The molecular formula is C24H32FN3O5S2. The molecule has 1 aromatic carbocycles. The van der Waals surface area contributed by atoms with E-state index >= 15 is 0 Å². The number of amides is 2. The topological polar surface area (TPSA) is 112 Å². The molecule has 1 heterocycles. The standard InChI is InChI=1S/C24H32FN3O5S2/c1-15-5-8-17(9-6-15)28(24(32)27-23-26-13-22(35-23)34-14-21(30)31)11-3-4-19(29)16-7-10-20(33-2)18(25)12-16/h7,10,12-13,15,17,19,29H,3-6,8-9,11,14H2,1-2H3,(H,30,31)(H,26,27,32). The summed E-state index contributed by atoms with van der Waals surface area (Å²) in [6.07, 6.45) is 5.57. The van der Waals surface area contributed by atoms with Crippen LogP contribution in [0, 0.1) is 11.7 Å². The maximum absolute atomic E-state index is 14.0. The van der Waals surface area contributed by atoms with Gasteiger partial charge in [0.1, 0.15) is 0 Å². The molecule has 11 heteroatoms. The molecule has 8 nitrogen and oxygen atoms in total. The number of carboxylic acids is 1. The number of rotatable bonds is 11. The van der Waals surface area contributed by atoms with Gasteiger partial charge in [-0.25, -0.2) is 14.2 Å². The van der Waals surface area contributed by atoms with Crippen LogP contribution in [0.15, 0.2) is 28.6 Å². The third-order valence-electron chi connectivity index (χ3n) is 6.16. The molecule has 0 saturated heterocycles. The zero-order valence-electron chi connectivity index (χ0n) is 19.9. The molecule has 3 N–H and O–H groups in total. The van der Waals surface area contributed by atoms with Crippen LogP contribution in [0.1, 0.15) is 57.1 Å². The largest absolute Gasteiger partial charge is 0.494 e. The maximum atomic E-state index is 14.0. The summed E-state index contributed by atoms with van der Waals surface area (Å²) >= 11 is 2.40. The number of aromatic nitrogens is 1. The fourth-order valence-electron chi connectivity index (χ4n) is 4.20. The maximum Gasteiger partial charge on any atom is 0.323 e. The summed E-state index contributed by atoms with van der Waals surface area (Å²) in [5, 5.41) is 22.7. The Balaban J connectivity index is 1.60. The van der Waals surface area contributed by atoms with Crippen molar-refractivity contribution < 1.29 is 28.9 Å². The van der Waals surface area contributed by atoms with E-state index in [2.05, 4.69) is 17.2 Å². The molecule has 2 amide bonds. The van der Waals surface area contributed by atoms with E-state index < -0.39 is 17.9 Å². The lowest BCUT2D eigenvalue weighted by Gasteiger charge is -2.36. The molecule has 1 unspecified atom stereocenters. The first-order chi connectivity index (χ1) is 16.8. The fraction of sp³-hybridized carbons (Fsp3) is 0.542. The second-order valence-electron chi connectivity index (χ2n) is 8.76. The molecule has 35 heavy (non-hydrogen) atoms. The first kappa shape index (κ1) is 27.2. The SMILES string of the molecule is COc1ccc(C(O)CCCN(C(=O)Nc2ncc(SCC(=O)O)s2)C2CCC(C)CC2)cc1F. The second-order valence-corrected chi connectivity index (χ2v) is 11.1. The van der Waals surface area contributed by atoms with Gasteiger partial charge in [0, 0.05) is 12.6 Å². The highest BCUT2D eigenvalue weighted by Crippen LogP contribution is 2.31. The number of hydrogen-bond donors (Lipinski definition) is 3. The minimum atomic E-state index is -0.911. The number of carbonyl (C=O) groups is 2. The number of thioether (sulfide) groups is 1. The number of thiazole rings is 1. The fourth-order valence-corrected chi connectivity index (χ4v) is 5.78. The zero-order valence-corrected chi connectivity index (χ0v) is 21.5. The Bertz CT molecular complexity index is 997. The van der Waals surface area contributed by atoms with Crippen LogP contribution in [0.4, 0.5) is 14.3 Å². The van der Waals surface area contributed by atoms with Gasteiger partial charge in [-0.05, 0) is 62.1 Å². The van der Waals surface area contributed by atoms with Gasteiger partial charge in [0.05, 0.1) is 29.4 Å². The van der Waals surface area contributed by atoms with Gasteiger partial charge >= 0.3 is 12.0 Å². The Hall–Kier alpha value is -2.37. The first-order valence-corrected chi connectivity index (χ1v) is 13.5. The van der Waals surface area contributed by atoms with E-state index in [1.54, 1.807) is 12.3 Å². The van der Waals surface area contributed by atoms with E-state index in [1.807, 2.05) is 4.90 Å². The van der Waals surface area contributed by atoms with Gasteiger partial charge in [-0.15, -0.1) is 11.8 Å². The lowest BCUT2D eigenvalue weighted by molar-refractivity contribution is -0.133. The van der Waals surface area contributed by atoms with Crippen LogP contribution in [0.2, 0.25) is 0 Å². The van der Waals surface area contributed by atoms with Crippen LogP contribution in [0.5, 0.6) is 5.75 Å². The number of carbonyl (C=O) groups excluding carboxylic acids is 1. The average molecular weight is 526 g/mol. The van der Waals surface area contributed by atoms with Gasteiger partial charge in [0.2, 0.25) is 0 Å². The van der Waals surface area contributed by atoms with Crippen molar-refractivity contribution in [2.75, 3.05) is 24.7 Å². The average Bonchev–Trinajstić information content (AvgIpc) is 3.28. The lowest BCUT2D eigenvalue weighted by Crippen LogP contribution is -2.45. The molecule has 1 saturated carbocycles. The Morgan fingerprint density at radius 2 is 2.09 bits per heavy atom. The molecule has 1 aliphatic rings. The van der Waals surface area contributed by atoms with Crippen LogP contribution in [-0.4, -0.2) is 57.5 Å². The third kappa shape index (κ3) is 8.08. The molecule has 1 aromatic heterocycles. The molecular weight excluding hydrogens is 493 g/mol. The van der Waals surface area contributed by atoms with E-state index in [0.29, 0.717) is 36.0 Å². The molecule has 0 spiro atoms. The van der Waals surface area contributed by atoms with Gasteiger partial charge in [0.25, 0.3) is 0 Å². The van der Waals surface area contributed by atoms with Crippen LogP contribution >= 0.6 is 23.1 Å². The normalized spacial score (nSPS) is 18.6. The molecule has 1 atom stereocenters. The highest BCUT2D eigenvalue weighted by Gasteiger charge is 2.28. The summed E-state index contributed by atoms with van der Waals surface area (Å²) in [4.78, 5) is 30.0. The van der Waals surface area contributed by atoms with Crippen molar-refractivity contribution in [2.24, 2.45) is 5.92 Å². The number of ether oxygens (including phenoxy) is 1. The van der Waals surface area contributed by atoms with Gasteiger partial charge in [-0.2, -0.15) is 0 Å². The number of aliphatic hydroxyl groups is 1. The van der Waals surface area contributed by atoms with Crippen molar-refractivity contribution in [1.82, 2.24) is 9.88 Å². The number of aliphatic hydroxyl groups excluding tert-OH is 1. The molecule has 0 radical (unpaired) electrons. The van der Waals surface area contributed by atoms with Crippen molar-refractivity contribution in [1.29, 1.82) is 0 Å². The Kier molecular flexibility index (Phi) is 10.2. The van der Waals surface area contributed by atoms with Gasteiger partial charge < -0.3 is 19.8 Å². The van der Waals surface area contributed by atoms with E-state index in [1.165, 1.54) is 30.6 Å². The molecule has 0 bridgehead atoms. The summed E-state index contributed by atoms with van der Waals surface area (Å²) in [5.74, 6) is -0.739. The number of urea groups is 1. The van der Waals surface area contributed by atoms with Crippen molar-refractivity contribution >= 4 is 40.2 Å². The van der Waals surface area contributed by atoms with E-state index in [0.717, 1.165) is 41.7 Å². The van der Waals surface area contributed by atoms with Crippen LogP contribution in [0.25, 0.3) is 0 Å². The predicted molar refractivity (Wildman–Crippen MR) is 135 cm³/mol. The number of nitrogens with zero attached hydrogens (tertiary/aromatic N) is 2. The second kappa shape index (κ2) is 13.1. The molecule has 2 aromatic rings. The van der Waals surface area contributed by atoms with Crippen LogP contribution in [-0.2, 0) is 4.79 Å². The van der Waals surface area contributed by atoms with Crippen LogP contribution < -0.4 is 10.1 Å². The number of carboxylic acid groups (broad SMARTS) is 1. The molecule has 0 aliphatic heterocycles. The van der Waals surface area contributed by atoms with Crippen molar-refractivity contribution in [3.63, 3.8) is 0 Å². The van der Waals surface area contributed by atoms with E-state index in [4.69, 9.17) is 9.84 Å². The predicted octanol–water partition coefficient (Wildman–Crippen LogP) is 5.39. The summed E-state index contributed by atoms with van der Waals surface area (Å²) < 4.78 is 19.7.